The van der Waals surface area contributed by atoms with E-state index in [0.717, 1.165) is 22.2 Å². The van der Waals surface area contributed by atoms with Crippen molar-refractivity contribution >= 4 is 22.6 Å². The topological polar surface area (TPSA) is 49.2 Å². The Morgan fingerprint density at radius 2 is 1.48 bits per heavy atom. The first-order valence-electron chi connectivity index (χ1n) is 11.1. The maximum atomic E-state index is 6.28. The summed E-state index contributed by atoms with van der Waals surface area (Å²) < 4.78 is 14.4. The predicted octanol–water partition coefficient (Wildman–Crippen LogP) is 5.86. The lowest BCUT2D eigenvalue weighted by molar-refractivity contribution is -0.0162. The summed E-state index contributed by atoms with van der Waals surface area (Å²) in [6.07, 6.45) is 3.52. The molecule has 2 aromatic heterocycles. The Bertz CT molecular complexity index is 1230. The molecule has 3 atom stereocenters. The zero-order valence-corrected chi connectivity index (χ0v) is 19.1. The van der Waals surface area contributed by atoms with E-state index in [1.165, 1.54) is 11.9 Å². The van der Waals surface area contributed by atoms with Gasteiger partial charge in [0.15, 0.2) is 0 Å². The molecule has 5 rings (SSSR count). The van der Waals surface area contributed by atoms with Crippen LogP contribution >= 0.6 is 11.6 Å². The maximum Gasteiger partial charge on any atom is 0.145 e. The van der Waals surface area contributed by atoms with Crippen LogP contribution in [0.5, 0.6) is 0 Å². The van der Waals surface area contributed by atoms with Crippen molar-refractivity contribution in [1.82, 2.24) is 14.5 Å². The van der Waals surface area contributed by atoms with Gasteiger partial charge in [0.25, 0.3) is 0 Å². The fourth-order valence-electron chi connectivity index (χ4n) is 4.62. The highest BCUT2D eigenvalue weighted by Gasteiger charge is 2.46. The highest BCUT2D eigenvalue weighted by molar-refractivity contribution is 6.33. The lowest BCUT2D eigenvalue weighted by Crippen LogP contribution is -2.45. The van der Waals surface area contributed by atoms with Crippen molar-refractivity contribution in [2.75, 3.05) is 13.2 Å². The lowest BCUT2D eigenvalue weighted by atomic mass is 9.66. The first-order valence-corrected chi connectivity index (χ1v) is 11.5. The fraction of sp³-hybridized carbons (Fsp3) is 0.259. The van der Waals surface area contributed by atoms with Gasteiger partial charge in [0.05, 0.1) is 37.9 Å². The van der Waals surface area contributed by atoms with Crippen LogP contribution in [0, 0.1) is 11.8 Å². The molecule has 0 unspecified atom stereocenters. The number of halogens is 1. The van der Waals surface area contributed by atoms with Crippen molar-refractivity contribution in [2.24, 2.45) is 11.8 Å². The number of benzene rings is 2. The van der Waals surface area contributed by atoms with Crippen molar-refractivity contribution in [3.8, 4) is 0 Å². The average Bonchev–Trinajstić information content (AvgIpc) is 3.27. The van der Waals surface area contributed by atoms with Gasteiger partial charge in [0.2, 0.25) is 0 Å². The molecule has 1 aliphatic carbocycles. The van der Waals surface area contributed by atoms with Crippen LogP contribution in [-0.4, -0.2) is 27.7 Å². The Kier molecular flexibility index (Phi) is 6.53. The van der Waals surface area contributed by atoms with Crippen molar-refractivity contribution in [2.45, 2.75) is 19.3 Å². The molecule has 0 N–H and O–H groups in total. The smallest absolute Gasteiger partial charge is 0.145 e. The molecule has 0 spiro atoms. The second-order valence-electron chi connectivity index (χ2n) is 8.42. The predicted molar refractivity (Wildman–Crippen MR) is 130 cm³/mol. The maximum absolute atomic E-state index is 6.28. The number of rotatable bonds is 9. The minimum Gasteiger partial charge on any atom is -0.376 e. The van der Waals surface area contributed by atoms with Gasteiger partial charge in [0.1, 0.15) is 17.1 Å². The molecule has 1 aliphatic rings. The third-order valence-electron chi connectivity index (χ3n) is 6.37. The Morgan fingerprint density at radius 3 is 2.15 bits per heavy atom. The number of aromatic nitrogens is 3. The molecule has 0 saturated heterocycles. The van der Waals surface area contributed by atoms with Gasteiger partial charge >= 0.3 is 0 Å². The molecule has 5 nitrogen and oxygen atoms in total. The molecule has 4 aromatic rings. The number of fused-ring (bicyclic) bond motifs is 1. The summed E-state index contributed by atoms with van der Waals surface area (Å²) >= 11 is 6.28. The van der Waals surface area contributed by atoms with Gasteiger partial charge in [0, 0.05) is 18.0 Å². The molecule has 33 heavy (non-hydrogen) atoms. The molecular formula is C27H26ClN3O2. The van der Waals surface area contributed by atoms with Crippen LogP contribution in [0.25, 0.3) is 11.0 Å². The van der Waals surface area contributed by atoms with E-state index in [1.807, 2.05) is 48.7 Å². The molecule has 1 saturated carbocycles. The van der Waals surface area contributed by atoms with Crippen LogP contribution in [0.15, 0.2) is 91.4 Å². The number of hydrogen-bond donors (Lipinski definition) is 0. The molecule has 0 aliphatic heterocycles. The highest BCUT2D eigenvalue weighted by Crippen LogP contribution is 2.49. The van der Waals surface area contributed by atoms with Crippen LogP contribution in [0.2, 0.25) is 5.15 Å². The normalized spacial score (nSPS) is 20.2. The van der Waals surface area contributed by atoms with E-state index in [-0.39, 0.29) is 17.9 Å². The molecule has 6 heteroatoms. The van der Waals surface area contributed by atoms with E-state index < -0.39 is 0 Å². The summed E-state index contributed by atoms with van der Waals surface area (Å²) in [7, 11) is 0. The Balaban J connectivity index is 1.31. The third-order valence-corrected chi connectivity index (χ3v) is 6.67. The Morgan fingerprint density at radius 1 is 0.848 bits per heavy atom. The Hall–Kier alpha value is -2.99. The summed E-state index contributed by atoms with van der Waals surface area (Å²) in [5, 5.41) is 1.31. The third kappa shape index (κ3) is 4.58. The van der Waals surface area contributed by atoms with E-state index >= 15 is 0 Å². The van der Waals surface area contributed by atoms with Crippen LogP contribution in [-0.2, 0) is 22.7 Å². The highest BCUT2D eigenvalue weighted by atomic mass is 35.5. The SMILES string of the molecule is C=C1[C@@H](n2ccc3c(Cl)ncnc32)[C@H](COCc2ccccc2)[C@H]1COCc1ccccc1. The van der Waals surface area contributed by atoms with E-state index in [4.69, 9.17) is 21.1 Å². The first kappa shape index (κ1) is 21.8. The molecule has 2 aromatic carbocycles. The van der Waals surface area contributed by atoms with Gasteiger partial charge in [-0.3, -0.25) is 0 Å². The molecular weight excluding hydrogens is 434 g/mol. The monoisotopic (exact) mass is 459 g/mol. The standard InChI is InChI=1S/C27H26ClN3O2/c1-19-23(16-32-14-20-8-4-2-5-9-20)24(17-33-15-21-10-6-3-7-11-21)25(19)31-13-12-22-26(28)29-18-30-27(22)31/h2-13,18,23-25H,1,14-17H2/t23-,24+,25+/m0/s1. The van der Waals surface area contributed by atoms with Crippen molar-refractivity contribution < 1.29 is 9.47 Å². The van der Waals surface area contributed by atoms with Crippen molar-refractivity contribution in [1.29, 1.82) is 0 Å². The zero-order chi connectivity index (χ0) is 22.6. The molecule has 0 amide bonds. The molecule has 0 radical (unpaired) electrons. The summed E-state index contributed by atoms with van der Waals surface area (Å²) in [5.74, 6) is 0.436. The fourth-order valence-corrected chi connectivity index (χ4v) is 4.81. The number of nitrogens with zero attached hydrogens (tertiary/aromatic N) is 3. The van der Waals surface area contributed by atoms with Gasteiger partial charge in [-0.1, -0.05) is 78.8 Å². The van der Waals surface area contributed by atoms with Gasteiger partial charge in [-0.25, -0.2) is 9.97 Å². The molecule has 2 heterocycles. The van der Waals surface area contributed by atoms with Crippen molar-refractivity contribution in [3.63, 3.8) is 0 Å². The zero-order valence-electron chi connectivity index (χ0n) is 18.3. The van der Waals surface area contributed by atoms with Gasteiger partial charge < -0.3 is 14.0 Å². The second-order valence-corrected chi connectivity index (χ2v) is 8.77. The number of ether oxygens (including phenoxy) is 2. The summed E-state index contributed by atoms with van der Waals surface area (Å²) in [6.45, 7) is 6.80. The van der Waals surface area contributed by atoms with Crippen LogP contribution in [0.1, 0.15) is 17.2 Å². The van der Waals surface area contributed by atoms with E-state index in [2.05, 4.69) is 45.4 Å². The van der Waals surface area contributed by atoms with Gasteiger partial charge in [-0.2, -0.15) is 0 Å². The average molecular weight is 460 g/mol. The minimum absolute atomic E-state index is 0.0783. The van der Waals surface area contributed by atoms with Gasteiger partial charge in [-0.15, -0.1) is 0 Å². The second kappa shape index (κ2) is 9.87. The summed E-state index contributed by atoms with van der Waals surface area (Å²) in [5.41, 5.74) is 4.27. The molecule has 1 fully saturated rings. The quantitative estimate of drug-likeness (QED) is 0.232. The number of hydrogen-bond acceptors (Lipinski definition) is 4. The molecule has 168 valence electrons. The lowest BCUT2D eigenvalue weighted by Gasteiger charge is -2.47. The summed E-state index contributed by atoms with van der Waals surface area (Å²) in [4.78, 5) is 8.59. The summed E-state index contributed by atoms with van der Waals surface area (Å²) in [6, 6.07) is 22.5. The first-order chi connectivity index (χ1) is 16.2. The van der Waals surface area contributed by atoms with Crippen LogP contribution < -0.4 is 0 Å². The Labute approximate surface area is 198 Å². The van der Waals surface area contributed by atoms with Crippen LogP contribution in [0.3, 0.4) is 0 Å². The van der Waals surface area contributed by atoms with E-state index in [0.29, 0.717) is 31.6 Å². The molecule has 0 bridgehead atoms. The van der Waals surface area contributed by atoms with E-state index in [1.54, 1.807) is 0 Å². The van der Waals surface area contributed by atoms with E-state index in [9.17, 15) is 0 Å². The van der Waals surface area contributed by atoms with Crippen molar-refractivity contribution in [3.05, 3.63) is 108 Å². The largest absolute Gasteiger partial charge is 0.376 e. The minimum atomic E-state index is 0.0783. The van der Waals surface area contributed by atoms with Gasteiger partial charge in [-0.05, 0) is 22.8 Å². The van der Waals surface area contributed by atoms with Crippen LogP contribution in [0.4, 0.5) is 0 Å².